The van der Waals surface area contributed by atoms with Crippen LogP contribution in [0.3, 0.4) is 0 Å². The van der Waals surface area contributed by atoms with E-state index in [4.69, 9.17) is 0 Å². The first-order valence-corrected chi connectivity index (χ1v) is 10.2. The zero-order valence-corrected chi connectivity index (χ0v) is 16.7. The maximum absolute atomic E-state index is 12.9. The molecule has 0 fully saturated rings. The van der Waals surface area contributed by atoms with Crippen LogP contribution in [0, 0.1) is 6.92 Å². The smallest absolute Gasteiger partial charge is 0.358 e. The summed E-state index contributed by atoms with van der Waals surface area (Å²) < 4.78 is 65.3. The molecule has 0 bridgehead atoms. The summed E-state index contributed by atoms with van der Waals surface area (Å²) in [4.78, 5) is 15.1. The van der Waals surface area contributed by atoms with E-state index in [0.29, 0.717) is 6.07 Å². The number of nitrogens with one attached hydrogen (secondary N) is 2. The standard InChI is InChI=1S/C20H19F3N2O3S/c1-11(2)18-12(3)24-17-8-7-13(9-16(17)18)19(26)25-29(27,28)15-6-4-5-14(10-15)20(21,22)23/h4-11,24H,1-3H3,(H,25,26). The Morgan fingerprint density at radius 1 is 1.10 bits per heavy atom. The van der Waals surface area contributed by atoms with Crippen LogP contribution < -0.4 is 4.72 Å². The zero-order valence-electron chi connectivity index (χ0n) is 15.9. The number of carbonyl (C=O) groups excluding carboxylic acids is 1. The number of alkyl halides is 3. The molecule has 2 N–H and O–H groups in total. The maximum Gasteiger partial charge on any atom is 0.416 e. The number of aromatic amines is 1. The van der Waals surface area contributed by atoms with E-state index in [1.165, 1.54) is 6.07 Å². The molecule has 29 heavy (non-hydrogen) atoms. The van der Waals surface area contributed by atoms with Gasteiger partial charge in [-0.15, -0.1) is 0 Å². The topological polar surface area (TPSA) is 79.0 Å². The highest BCUT2D eigenvalue weighted by atomic mass is 32.2. The van der Waals surface area contributed by atoms with Gasteiger partial charge in [0.05, 0.1) is 10.5 Å². The highest BCUT2D eigenvalue weighted by molar-refractivity contribution is 7.90. The van der Waals surface area contributed by atoms with Gasteiger partial charge in [0, 0.05) is 22.2 Å². The van der Waals surface area contributed by atoms with Crippen molar-refractivity contribution in [3.05, 3.63) is 64.8 Å². The predicted octanol–water partition coefficient (Wildman–Crippen LogP) is 4.74. The molecule has 5 nitrogen and oxygen atoms in total. The molecule has 1 aromatic heterocycles. The summed E-state index contributed by atoms with van der Waals surface area (Å²) in [6.07, 6.45) is -4.69. The number of amides is 1. The Hall–Kier alpha value is -2.81. The Labute approximate surface area is 166 Å². The predicted molar refractivity (Wildman–Crippen MR) is 103 cm³/mol. The quantitative estimate of drug-likeness (QED) is 0.635. The number of fused-ring (bicyclic) bond motifs is 1. The Morgan fingerprint density at radius 3 is 2.41 bits per heavy atom. The number of rotatable bonds is 4. The van der Waals surface area contributed by atoms with Crippen LogP contribution in [0.4, 0.5) is 13.2 Å². The number of hydrogen-bond acceptors (Lipinski definition) is 3. The number of sulfonamides is 1. The van der Waals surface area contributed by atoms with Crippen molar-refractivity contribution in [2.24, 2.45) is 0 Å². The van der Waals surface area contributed by atoms with Crippen LogP contribution in [0.25, 0.3) is 10.9 Å². The van der Waals surface area contributed by atoms with Crippen LogP contribution in [0.2, 0.25) is 0 Å². The second-order valence-electron chi connectivity index (χ2n) is 7.04. The zero-order chi connectivity index (χ0) is 21.6. The van der Waals surface area contributed by atoms with Gasteiger partial charge in [-0.25, -0.2) is 13.1 Å². The van der Waals surface area contributed by atoms with Gasteiger partial charge in [-0.1, -0.05) is 19.9 Å². The van der Waals surface area contributed by atoms with E-state index < -0.39 is 32.6 Å². The van der Waals surface area contributed by atoms with Gasteiger partial charge in [0.15, 0.2) is 0 Å². The molecule has 0 saturated heterocycles. The molecule has 3 rings (SSSR count). The first kappa shape index (κ1) is 20.9. The van der Waals surface area contributed by atoms with E-state index in [0.717, 1.165) is 40.4 Å². The van der Waals surface area contributed by atoms with E-state index in [1.807, 2.05) is 25.5 Å². The number of halogens is 3. The Morgan fingerprint density at radius 2 is 1.79 bits per heavy atom. The lowest BCUT2D eigenvalue weighted by Gasteiger charge is -2.11. The molecule has 0 aliphatic heterocycles. The van der Waals surface area contributed by atoms with Crippen molar-refractivity contribution in [2.45, 2.75) is 37.8 Å². The van der Waals surface area contributed by atoms with Gasteiger partial charge in [-0.3, -0.25) is 4.79 Å². The molecule has 154 valence electrons. The van der Waals surface area contributed by atoms with E-state index in [1.54, 1.807) is 12.1 Å². The number of carbonyl (C=O) groups is 1. The van der Waals surface area contributed by atoms with Crippen molar-refractivity contribution in [1.29, 1.82) is 0 Å². The number of aryl methyl sites for hydroxylation is 1. The van der Waals surface area contributed by atoms with Crippen LogP contribution in [0.5, 0.6) is 0 Å². The lowest BCUT2D eigenvalue weighted by molar-refractivity contribution is -0.137. The molecule has 0 spiro atoms. The first-order valence-electron chi connectivity index (χ1n) is 8.77. The highest BCUT2D eigenvalue weighted by Crippen LogP contribution is 2.31. The molecule has 3 aromatic rings. The van der Waals surface area contributed by atoms with Crippen molar-refractivity contribution in [3.8, 4) is 0 Å². The highest BCUT2D eigenvalue weighted by Gasteiger charge is 2.32. The molecule has 0 aliphatic rings. The first-order chi connectivity index (χ1) is 13.4. The fraction of sp³-hybridized carbons (Fsp3) is 0.250. The molecule has 0 aliphatic carbocycles. The second-order valence-corrected chi connectivity index (χ2v) is 8.72. The Balaban J connectivity index is 1.94. The van der Waals surface area contributed by atoms with Gasteiger partial charge in [0.1, 0.15) is 0 Å². The summed E-state index contributed by atoms with van der Waals surface area (Å²) >= 11 is 0. The van der Waals surface area contributed by atoms with Crippen LogP contribution in [-0.2, 0) is 16.2 Å². The van der Waals surface area contributed by atoms with Crippen molar-refractivity contribution in [3.63, 3.8) is 0 Å². The Kier molecular flexibility index (Phi) is 5.20. The van der Waals surface area contributed by atoms with Gasteiger partial charge in [0.2, 0.25) is 0 Å². The van der Waals surface area contributed by atoms with Crippen molar-refractivity contribution >= 4 is 26.8 Å². The van der Waals surface area contributed by atoms with Gasteiger partial charge < -0.3 is 4.98 Å². The average molecular weight is 424 g/mol. The summed E-state index contributed by atoms with van der Waals surface area (Å²) in [5, 5.41) is 0.793. The Bertz CT molecular complexity index is 1200. The fourth-order valence-corrected chi connectivity index (χ4v) is 4.33. The van der Waals surface area contributed by atoms with E-state index in [2.05, 4.69) is 4.98 Å². The van der Waals surface area contributed by atoms with Crippen molar-refractivity contribution < 1.29 is 26.4 Å². The molecule has 0 atom stereocenters. The molecule has 0 saturated carbocycles. The molecule has 1 amide bonds. The fourth-order valence-electron chi connectivity index (χ4n) is 3.31. The van der Waals surface area contributed by atoms with E-state index >= 15 is 0 Å². The van der Waals surface area contributed by atoms with Crippen LogP contribution in [-0.4, -0.2) is 19.3 Å². The SMILES string of the molecule is Cc1[nH]c2ccc(C(=O)NS(=O)(=O)c3cccc(C(F)(F)F)c3)cc2c1C(C)C. The summed E-state index contributed by atoms with van der Waals surface area (Å²) in [5.74, 6) is -0.742. The minimum Gasteiger partial charge on any atom is -0.358 e. The van der Waals surface area contributed by atoms with Gasteiger partial charge in [0.25, 0.3) is 15.9 Å². The summed E-state index contributed by atoms with van der Waals surface area (Å²) in [6, 6.07) is 7.93. The minimum absolute atomic E-state index is 0.0916. The van der Waals surface area contributed by atoms with Crippen molar-refractivity contribution in [1.82, 2.24) is 9.71 Å². The van der Waals surface area contributed by atoms with Crippen LogP contribution in [0.15, 0.2) is 47.4 Å². The van der Waals surface area contributed by atoms with Crippen molar-refractivity contribution in [2.75, 3.05) is 0 Å². The lowest BCUT2D eigenvalue weighted by Crippen LogP contribution is -2.30. The summed E-state index contributed by atoms with van der Waals surface area (Å²) in [7, 11) is -4.47. The minimum atomic E-state index is -4.69. The average Bonchev–Trinajstić information content (AvgIpc) is 2.95. The normalized spacial score (nSPS) is 12.5. The molecule has 0 radical (unpaired) electrons. The monoisotopic (exact) mass is 424 g/mol. The molecule has 9 heteroatoms. The number of benzene rings is 2. The molecule has 1 heterocycles. The molecule has 2 aromatic carbocycles. The summed E-state index contributed by atoms with van der Waals surface area (Å²) in [5.41, 5.74) is 1.75. The van der Waals surface area contributed by atoms with Crippen LogP contribution in [0.1, 0.15) is 46.9 Å². The molecular formula is C20H19F3N2O3S. The molecule has 0 unspecified atom stereocenters. The molecular weight excluding hydrogens is 405 g/mol. The third-order valence-electron chi connectivity index (χ3n) is 4.57. The number of H-pyrrole nitrogens is 1. The number of hydrogen-bond donors (Lipinski definition) is 2. The maximum atomic E-state index is 12.9. The summed E-state index contributed by atoms with van der Waals surface area (Å²) in [6.45, 7) is 5.91. The van der Waals surface area contributed by atoms with E-state index in [-0.39, 0.29) is 11.5 Å². The largest absolute Gasteiger partial charge is 0.416 e. The third-order valence-corrected chi connectivity index (χ3v) is 5.90. The van der Waals surface area contributed by atoms with Gasteiger partial charge in [-0.05, 0) is 54.8 Å². The lowest BCUT2D eigenvalue weighted by atomic mass is 9.98. The number of aromatic nitrogens is 1. The third kappa shape index (κ3) is 4.14. The van der Waals surface area contributed by atoms with Gasteiger partial charge >= 0.3 is 6.18 Å². The van der Waals surface area contributed by atoms with E-state index in [9.17, 15) is 26.4 Å². The van der Waals surface area contributed by atoms with Gasteiger partial charge in [-0.2, -0.15) is 13.2 Å². The van der Waals surface area contributed by atoms with Crippen LogP contribution >= 0.6 is 0 Å². The second kappa shape index (κ2) is 7.22.